The number of nitrogens with one attached hydrogen (secondary N) is 2. The van der Waals surface area contributed by atoms with Gasteiger partial charge in [-0.15, -0.1) is 0 Å². The predicted octanol–water partition coefficient (Wildman–Crippen LogP) is 3.58. The van der Waals surface area contributed by atoms with E-state index in [-0.39, 0.29) is 43.2 Å². The van der Waals surface area contributed by atoms with Gasteiger partial charge in [-0.25, -0.2) is 4.79 Å². The van der Waals surface area contributed by atoms with Crippen molar-refractivity contribution in [2.45, 2.75) is 95.5 Å². The van der Waals surface area contributed by atoms with Crippen molar-refractivity contribution < 1.29 is 48.0 Å². The first-order valence-electron chi connectivity index (χ1n) is 16.0. The van der Waals surface area contributed by atoms with Crippen molar-refractivity contribution in [2.75, 3.05) is 32.7 Å². The monoisotopic (exact) mass is 691 g/mol. The lowest BCUT2D eigenvalue weighted by atomic mass is 9.83. The summed E-state index contributed by atoms with van der Waals surface area (Å²) in [5.74, 6) is -1.36. The van der Waals surface area contributed by atoms with E-state index < -0.39 is 59.6 Å². The van der Waals surface area contributed by atoms with E-state index in [0.717, 1.165) is 11.1 Å². The van der Waals surface area contributed by atoms with Gasteiger partial charge in [0.15, 0.2) is 5.72 Å². The number of alkyl carbamates (subject to hydrolysis) is 1. The molecule has 0 spiro atoms. The smallest absolute Gasteiger partial charge is 0.409 e. The van der Waals surface area contributed by atoms with Crippen LogP contribution in [-0.4, -0.2) is 92.5 Å². The molecular formula is C34H46ClN3O10. The number of nitrogens with zero attached hydrogens (tertiary/aromatic N) is 1. The van der Waals surface area contributed by atoms with E-state index in [9.17, 15) is 24.3 Å². The molecule has 4 bridgehead atoms. The van der Waals surface area contributed by atoms with Crippen LogP contribution >= 0.6 is 11.6 Å². The second-order valence-electron chi connectivity index (χ2n) is 12.7. The van der Waals surface area contributed by atoms with Crippen LogP contribution in [0.5, 0.6) is 5.75 Å². The average Bonchev–Trinajstić information content (AvgIpc) is 3.73. The van der Waals surface area contributed by atoms with Crippen molar-refractivity contribution in [3.63, 3.8) is 0 Å². The van der Waals surface area contributed by atoms with E-state index in [1.165, 1.54) is 19.1 Å². The number of benzene rings is 1. The van der Waals surface area contributed by atoms with Crippen LogP contribution in [0.1, 0.15) is 58.9 Å². The highest BCUT2D eigenvalue weighted by Gasteiger charge is 2.64. The van der Waals surface area contributed by atoms with Gasteiger partial charge in [0.05, 0.1) is 31.7 Å². The van der Waals surface area contributed by atoms with Crippen LogP contribution in [0, 0.1) is 5.92 Å². The molecule has 48 heavy (non-hydrogen) atoms. The number of carbonyl (C=O) groups is 4. The first kappa shape index (κ1) is 37.2. The van der Waals surface area contributed by atoms with E-state index in [1.54, 1.807) is 52.1 Å². The van der Waals surface area contributed by atoms with Crippen molar-refractivity contribution in [1.29, 1.82) is 0 Å². The van der Waals surface area contributed by atoms with Gasteiger partial charge in [0.2, 0.25) is 11.8 Å². The van der Waals surface area contributed by atoms with Crippen LogP contribution in [0.2, 0.25) is 5.02 Å². The second-order valence-corrected chi connectivity index (χ2v) is 13.1. The molecule has 2 fully saturated rings. The Morgan fingerprint density at radius 2 is 1.98 bits per heavy atom. The zero-order valence-electron chi connectivity index (χ0n) is 28.5. The first-order valence-corrected chi connectivity index (χ1v) is 16.4. The maximum Gasteiger partial charge on any atom is 0.409 e. The maximum atomic E-state index is 13.9. The van der Waals surface area contributed by atoms with Gasteiger partial charge >= 0.3 is 12.1 Å². The third-order valence-corrected chi connectivity index (χ3v) is 9.58. The molecule has 1 aromatic carbocycles. The molecule has 7 unspecified atom stereocenters. The summed E-state index contributed by atoms with van der Waals surface area (Å²) in [6, 6.07) is 3.59. The second kappa shape index (κ2) is 15.3. The lowest BCUT2D eigenvalue weighted by Gasteiger charge is -2.42. The molecule has 13 nitrogen and oxygen atoms in total. The first-order chi connectivity index (χ1) is 22.6. The lowest BCUT2D eigenvalue weighted by molar-refractivity contribution is -0.153. The number of fused-ring (bicyclic) bond motifs is 5. The lowest BCUT2D eigenvalue weighted by Crippen LogP contribution is -2.63. The van der Waals surface area contributed by atoms with Crippen molar-refractivity contribution >= 4 is 41.2 Å². The predicted molar refractivity (Wildman–Crippen MR) is 177 cm³/mol. The van der Waals surface area contributed by atoms with Crippen LogP contribution < -0.4 is 20.3 Å². The summed E-state index contributed by atoms with van der Waals surface area (Å²) in [5, 5.41) is 17.0. The number of methoxy groups -OCH3 is 2. The molecule has 3 aliphatic heterocycles. The summed E-state index contributed by atoms with van der Waals surface area (Å²) in [5.41, 5.74) is -0.797. The topological polar surface area (TPSA) is 165 Å². The Kier molecular flexibility index (Phi) is 11.8. The highest BCUT2D eigenvalue weighted by atomic mass is 35.5. The molecule has 264 valence electrons. The SMILES string of the molecule is CCC(=O)NCCC(=O)OC1CC(=O)N(C)c2cc(cc(OC)c2Cl)C/C(C)=C/C=C/C(OC)C2(O)CC(OC(=O)N2)C(C)C2OC12C. The van der Waals surface area contributed by atoms with Gasteiger partial charge in [-0.3, -0.25) is 19.7 Å². The molecule has 7 atom stereocenters. The normalized spacial score (nSPS) is 32.5. The number of aliphatic hydroxyl groups is 1. The summed E-state index contributed by atoms with van der Waals surface area (Å²) in [6.45, 7) is 7.22. The minimum absolute atomic E-state index is 0.0330. The third-order valence-electron chi connectivity index (χ3n) is 9.20. The Hall–Kier alpha value is -3.65. The van der Waals surface area contributed by atoms with Crippen molar-refractivity contribution in [1.82, 2.24) is 10.6 Å². The Morgan fingerprint density at radius 1 is 1.25 bits per heavy atom. The number of hydrogen-bond acceptors (Lipinski definition) is 10. The molecule has 3 heterocycles. The maximum absolute atomic E-state index is 13.9. The van der Waals surface area contributed by atoms with Crippen LogP contribution in [0.3, 0.4) is 0 Å². The molecule has 2 saturated heterocycles. The van der Waals surface area contributed by atoms with Crippen LogP contribution in [0.4, 0.5) is 10.5 Å². The number of carbonyl (C=O) groups excluding carboxylic acids is 4. The number of rotatable bonds is 7. The molecule has 0 aliphatic carbocycles. The van der Waals surface area contributed by atoms with E-state index in [0.29, 0.717) is 17.9 Å². The fourth-order valence-corrected chi connectivity index (χ4v) is 6.56. The molecule has 3 aliphatic rings. The summed E-state index contributed by atoms with van der Waals surface area (Å²) in [6.07, 6.45) is 1.34. The molecular weight excluding hydrogens is 646 g/mol. The largest absolute Gasteiger partial charge is 0.495 e. The van der Waals surface area contributed by atoms with Crippen LogP contribution in [-0.2, 0) is 39.8 Å². The fourth-order valence-electron chi connectivity index (χ4n) is 6.25. The molecule has 0 radical (unpaired) electrons. The highest BCUT2D eigenvalue weighted by Crippen LogP contribution is 2.49. The highest BCUT2D eigenvalue weighted by molar-refractivity contribution is 6.35. The number of anilines is 1. The fraction of sp³-hybridized carbons (Fsp3) is 0.588. The molecule has 3 amide bonds. The Bertz CT molecular complexity index is 1470. The molecule has 3 N–H and O–H groups in total. The number of allylic oxidation sites excluding steroid dienone is 3. The number of halogens is 1. The number of amides is 3. The minimum Gasteiger partial charge on any atom is -0.495 e. The third kappa shape index (κ3) is 8.31. The van der Waals surface area contributed by atoms with Gasteiger partial charge in [-0.1, -0.05) is 49.2 Å². The average molecular weight is 692 g/mol. The van der Waals surface area contributed by atoms with E-state index in [2.05, 4.69) is 10.6 Å². The molecule has 14 heteroatoms. The molecule has 0 aromatic heterocycles. The van der Waals surface area contributed by atoms with Gasteiger partial charge in [0.25, 0.3) is 0 Å². The van der Waals surface area contributed by atoms with E-state index in [1.807, 2.05) is 13.0 Å². The molecule has 1 aromatic rings. The van der Waals surface area contributed by atoms with Gasteiger partial charge in [0, 0.05) is 39.5 Å². The number of esters is 1. The van der Waals surface area contributed by atoms with Gasteiger partial charge in [-0.05, 0) is 38.0 Å². The number of hydrogen-bond donors (Lipinski definition) is 3. The van der Waals surface area contributed by atoms with Crippen LogP contribution in [0.25, 0.3) is 0 Å². The molecule has 0 saturated carbocycles. The molecule has 4 rings (SSSR count). The van der Waals surface area contributed by atoms with Gasteiger partial charge < -0.3 is 39.0 Å². The zero-order chi connectivity index (χ0) is 35.4. The summed E-state index contributed by atoms with van der Waals surface area (Å²) in [4.78, 5) is 52.8. The summed E-state index contributed by atoms with van der Waals surface area (Å²) in [7, 11) is 4.50. The van der Waals surface area contributed by atoms with E-state index in [4.69, 9.17) is 35.3 Å². The van der Waals surface area contributed by atoms with Crippen molar-refractivity contribution in [3.05, 3.63) is 46.5 Å². The Balaban J connectivity index is 1.74. The number of epoxide rings is 1. The van der Waals surface area contributed by atoms with Gasteiger partial charge in [-0.2, -0.15) is 0 Å². The summed E-state index contributed by atoms with van der Waals surface area (Å²) >= 11 is 6.70. The van der Waals surface area contributed by atoms with E-state index >= 15 is 0 Å². The Labute approximate surface area is 285 Å². The quantitative estimate of drug-likeness (QED) is 0.284. The minimum atomic E-state index is -1.80. The summed E-state index contributed by atoms with van der Waals surface area (Å²) < 4.78 is 28.8. The van der Waals surface area contributed by atoms with Crippen LogP contribution in [0.15, 0.2) is 35.9 Å². The van der Waals surface area contributed by atoms with Crippen molar-refractivity contribution in [2.24, 2.45) is 5.92 Å². The number of ether oxygens (including phenoxy) is 5. The van der Waals surface area contributed by atoms with Gasteiger partial charge in [0.1, 0.15) is 34.7 Å². The standard InChI is InChI=1S/C34H46ClN3O10/c1-8-27(39)36-13-12-29(41)47-26-17-28(40)38(5)22-15-21(16-23(44-6)30(22)35)14-19(2)10-9-11-25(45-7)34(43)18-24(46-32(42)37-34)20(3)31-33(26,4)48-31/h9-11,15-16,20,24-26,31,43H,8,12-14,17-18H2,1-7H3,(H,36,39)(H,37,42)/b11-9+,19-10+. The zero-order valence-corrected chi connectivity index (χ0v) is 29.2. The van der Waals surface area contributed by atoms with Crippen molar-refractivity contribution in [3.8, 4) is 5.75 Å². The Morgan fingerprint density at radius 3 is 2.65 bits per heavy atom.